The summed E-state index contributed by atoms with van der Waals surface area (Å²) in [5.41, 5.74) is 5.22. The summed E-state index contributed by atoms with van der Waals surface area (Å²) in [7, 11) is 3.37. The SMILES string of the molecule is CCC(C(=O)Nc1nccc2c1CC=C2c1nc(Nc2cn(C)nc2OC)ncc1C)N1CCN(C(=O)CO)CC1. The number of aromatic nitrogens is 5. The fourth-order valence-electron chi connectivity index (χ4n) is 5.39. The maximum Gasteiger partial charge on any atom is 0.256 e. The number of allylic oxidation sites excluding steroid dienone is 1. The molecule has 0 aromatic carbocycles. The van der Waals surface area contributed by atoms with Gasteiger partial charge in [0.2, 0.25) is 17.8 Å². The third kappa shape index (κ3) is 5.77. The summed E-state index contributed by atoms with van der Waals surface area (Å²) in [5.74, 6) is 0.991. The Hall–Kier alpha value is -4.36. The summed E-state index contributed by atoms with van der Waals surface area (Å²) >= 11 is 0. The topological polar surface area (TPSA) is 151 Å². The lowest BCUT2D eigenvalue weighted by Gasteiger charge is -2.38. The number of amides is 2. The number of rotatable bonds is 9. The van der Waals surface area contributed by atoms with Crippen LogP contribution < -0.4 is 15.4 Å². The van der Waals surface area contributed by atoms with Gasteiger partial charge in [-0.05, 0) is 37.0 Å². The molecule has 0 bridgehead atoms. The number of anilines is 3. The largest absolute Gasteiger partial charge is 0.478 e. The standard InChI is InChI=1S/C28H35N9O4/c1-5-22(36-10-12-37(13-11-36)23(39)16-38)26(40)33-25-20-7-6-19(18(20)8-9-29-25)24-17(2)14-30-28(32-24)31-21-15-35(3)34-27(21)41-4/h6,8-9,14-15,22,38H,5,7,10-13,16H2,1-4H3,(H,29,33,40)(H,30,31,32). The number of piperazine rings is 1. The molecule has 216 valence electrons. The Kier molecular flexibility index (Phi) is 8.26. The molecule has 41 heavy (non-hydrogen) atoms. The Morgan fingerprint density at radius 1 is 1.20 bits per heavy atom. The molecular formula is C28H35N9O4. The summed E-state index contributed by atoms with van der Waals surface area (Å²) in [6.45, 7) is 5.55. The van der Waals surface area contributed by atoms with Crippen molar-refractivity contribution in [1.29, 1.82) is 0 Å². The molecule has 5 rings (SSSR count). The van der Waals surface area contributed by atoms with Crippen LogP contribution in [0.25, 0.3) is 5.57 Å². The lowest BCUT2D eigenvalue weighted by Crippen LogP contribution is -2.55. The first kappa shape index (κ1) is 28.2. The van der Waals surface area contributed by atoms with E-state index in [2.05, 4.69) is 36.7 Å². The fraction of sp³-hybridized carbons (Fsp3) is 0.429. The van der Waals surface area contributed by atoms with Gasteiger partial charge in [-0.1, -0.05) is 13.0 Å². The quantitative estimate of drug-likeness (QED) is 0.351. The number of nitrogens with one attached hydrogen (secondary N) is 2. The molecule has 1 aliphatic carbocycles. The average Bonchev–Trinajstić information content (AvgIpc) is 3.57. The molecule has 0 saturated carbocycles. The van der Waals surface area contributed by atoms with Crippen LogP contribution in [0.1, 0.15) is 35.7 Å². The van der Waals surface area contributed by atoms with Crippen LogP contribution in [0, 0.1) is 6.92 Å². The van der Waals surface area contributed by atoms with Crippen LogP contribution in [0.3, 0.4) is 0 Å². The zero-order valence-corrected chi connectivity index (χ0v) is 23.7. The second-order valence-electron chi connectivity index (χ2n) is 10.1. The second-order valence-corrected chi connectivity index (χ2v) is 10.1. The monoisotopic (exact) mass is 561 g/mol. The van der Waals surface area contributed by atoms with Gasteiger partial charge in [-0.3, -0.25) is 19.2 Å². The molecule has 1 aliphatic heterocycles. The lowest BCUT2D eigenvalue weighted by molar-refractivity contribution is -0.136. The number of ether oxygens (including phenoxy) is 1. The van der Waals surface area contributed by atoms with E-state index in [4.69, 9.17) is 14.8 Å². The molecule has 3 aromatic rings. The van der Waals surface area contributed by atoms with Crippen molar-refractivity contribution in [2.24, 2.45) is 7.05 Å². The van der Waals surface area contributed by atoms with E-state index in [1.807, 2.05) is 27.0 Å². The first-order chi connectivity index (χ1) is 19.8. The summed E-state index contributed by atoms with van der Waals surface area (Å²) < 4.78 is 6.98. The van der Waals surface area contributed by atoms with E-state index in [0.717, 1.165) is 28.0 Å². The average molecular weight is 562 g/mol. The van der Waals surface area contributed by atoms with E-state index in [9.17, 15) is 9.59 Å². The van der Waals surface area contributed by atoms with Crippen molar-refractivity contribution in [2.75, 3.05) is 50.5 Å². The van der Waals surface area contributed by atoms with E-state index >= 15 is 0 Å². The molecule has 0 radical (unpaired) electrons. The molecular weight excluding hydrogens is 526 g/mol. The Labute approximate surface area is 238 Å². The molecule has 2 amide bonds. The van der Waals surface area contributed by atoms with Gasteiger partial charge in [-0.2, -0.15) is 0 Å². The van der Waals surface area contributed by atoms with E-state index in [-0.39, 0.29) is 17.9 Å². The van der Waals surface area contributed by atoms with Crippen molar-refractivity contribution in [3.8, 4) is 5.88 Å². The molecule has 1 unspecified atom stereocenters. The van der Waals surface area contributed by atoms with Crippen molar-refractivity contribution in [2.45, 2.75) is 32.7 Å². The summed E-state index contributed by atoms with van der Waals surface area (Å²) in [6, 6.07) is 1.59. The summed E-state index contributed by atoms with van der Waals surface area (Å²) in [4.78, 5) is 42.7. The van der Waals surface area contributed by atoms with Crippen LogP contribution in [0.15, 0.2) is 30.7 Å². The van der Waals surface area contributed by atoms with Gasteiger partial charge in [0.15, 0.2) is 0 Å². The lowest BCUT2D eigenvalue weighted by atomic mass is 10.0. The fourth-order valence-corrected chi connectivity index (χ4v) is 5.39. The summed E-state index contributed by atoms with van der Waals surface area (Å²) in [6.07, 6.45) is 8.59. The predicted octanol–water partition coefficient (Wildman–Crippen LogP) is 1.51. The maximum atomic E-state index is 13.4. The van der Waals surface area contributed by atoms with E-state index in [0.29, 0.717) is 62.4 Å². The first-order valence-corrected chi connectivity index (χ1v) is 13.6. The maximum absolute atomic E-state index is 13.4. The minimum absolute atomic E-state index is 0.126. The molecule has 13 heteroatoms. The number of methoxy groups -OCH3 is 1. The van der Waals surface area contributed by atoms with E-state index < -0.39 is 6.61 Å². The number of aliphatic hydroxyl groups excluding tert-OH is 1. The van der Waals surface area contributed by atoms with Crippen molar-refractivity contribution in [1.82, 2.24) is 34.5 Å². The minimum atomic E-state index is -0.496. The molecule has 0 spiro atoms. The van der Waals surface area contributed by atoms with Gasteiger partial charge in [-0.15, -0.1) is 5.10 Å². The number of aryl methyl sites for hydroxylation is 2. The number of hydrogen-bond acceptors (Lipinski definition) is 10. The smallest absolute Gasteiger partial charge is 0.256 e. The Bertz CT molecular complexity index is 1480. The number of fused-ring (bicyclic) bond motifs is 1. The second kappa shape index (κ2) is 12.0. The number of pyridine rings is 1. The molecule has 1 atom stereocenters. The van der Waals surface area contributed by atoms with E-state index in [1.165, 1.54) is 0 Å². The van der Waals surface area contributed by atoms with Gasteiger partial charge in [0.05, 0.1) is 25.0 Å². The highest BCUT2D eigenvalue weighted by atomic mass is 16.5. The molecule has 2 aliphatic rings. The highest BCUT2D eigenvalue weighted by Gasteiger charge is 2.30. The Morgan fingerprint density at radius 3 is 2.68 bits per heavy atom. The van der Waals surface area contributed by atoms with Crippen molar-refractivity contribution >= 4 is 34.8 Å². The first-order valence-electron chi connectivity index (χ1n) is 13.6. The molecule has 3 aromatic heterocycles. The highest BCUT2D eigenvalue weighted by molar-refractivity contribution is 5.96. The van der Waals surface area contributed by atoms with Crippen molar-refractivity contribution < 1.29 is 19.4 Å². The van der Waals surface area contributed by atoms with Gasteiger partial charge >= 0.3 is 0 Å². The van der Waals surface area contributed by atoms with Gasteiger partial charge in [0.25, 0.3) is 5.88 Å². The van der Waals surface area contributed by atoms with Crippen LogP contribution in [0.4, 0.5) is 17.5 Å². The Morgan fingerprint density at radius 2 is 1.98 bits per heavy atom. The zero-order valence-electron chi connectivity index (χ0n) is 23.7. The van der Waals surface area contributed by atoms with Gasteiger partial charge in [0, 0.05) is 56.8 Å². The van der Waals surface area contributed by atoms with Crippen LogP contribution in [0.2, 0.25) is 0 Å². The zero-order chi connectivity index (χ0) is 29.1. The molecule has 13 nitrogen and oxygen atoms in total. The number of aliphatic hydroxyl groups is 1. The number of hydrogen-bond donors (Lipinski definition) is 3. The molecule has 1 fully saturated rings. The molecule has 3 N–H and O–H groups in total. The number of carbonyl (C=O) groups excluding carboxylic acids is 2. The van der Waals surface area contributed by atoms with E-state index in [1.54, 1.807) is 35.3 Å². The van der Waals surface area contributed by atoms with Crippen molar-refractivity contribution in [3.63, 3.8) is 0 Å². The normalized spacial score (nSPS) is 15.7. The molecule has 4 heterocycles. The highest BCUT2D eigenvalue weighted by Crippen LogP contribution is 2.36. The summed E-state index contributed by atoms with van der Waals surface area (Å²) in [5, 5.41) is 19.7. The Balaban J connectivity index is 1.32. The third-order valence-corrected chi connectivity index (χ3v) is 7.49. The van der Waals surface area contributed by atoms with Crippen LogP contribution >= 0.6 is 0 Å². The predicted molar refractivity (Wildman–Crippen MR) is 153 cm³/mol. The van der Waals surface area contributed by atoms with Gasteiger partial charge < -0.3 is 25.4 Å². The van der Waals surface area contributed by atoms with Gasteiger partial charge in [-0.25, -0.2) is 15.0 Å². The van der Waals surface area contributed by atoms with Crippen LogP contribution in [-0.2, 0) is 23.1 Å². The van der Waals surface area contributed by atoms with Crippen molar-refractivity contribution in [3.05, 3.63) is 53.1 Å². The number of nitrogens with zero attached hydrogens (tertiary/aromatic N) is 7. The van der Waals surface area contributed by atoms with Crippen LogP contribution in [-0.4, -0.2) is 97.4 Å². The van der Waals surface area contributed by atoms with Gasteiger partial charge in [0.1, 0.15) is 18.1 Å². The minimum Gasteiger partial charge on any atom is -0.478 e. The van der Waals surface area contributed by atoms with Crippen LogP contribution in [0.5, 0.6) is 5.88 Å². The third-order valence-electron chi connectivity index (χ3n) is 7.49. The number of carbonyl (C=O) groups is 2. The molecule has 1 saturated heterocycles.